The standard InChI is InChI=1S/C13H16N2O3/c1-2-18-13(16)11-8-17-9-12(11)15-14-10-6-4-3-5-7-10/h3-7,11,14H,2,8-9H2,1H3/b15-12+/t11-/m0/s1. The van der Waals surface area contributed by atoms with E-state index < -0.39 is 0 Å². The molecule has 18 heavy (non-hydrogen) atoms. The SMILES string of the molecule is CCOC(=O)[C@H]1COC/C1=N\Nc1ccccc1. The van der Waals surface area contributed by atoms with Gasteiger partial charge in [0.25, 0.3) is 0 Å². The second-order valence-electron chi connectivity index (χ2n) is 3.90. The zero-order chi connectivity index (χ0) is 12.8. The van der Waals surface area contributed by atoms with Crippen LogP contribution in [0, 0.1) is 5.92 Å². The molecule has 2 rings (SSSR count). The maximum Gasteiger partial charge on any atom is 0.317 e. The quantitative estimate of drug-likeness (QED) is 0.650. The van der Waals surface area contributed by atoms with E-state index in [4.69, 9.17) is 9.47 Å². The molecule has 1 atom stereocenters. The molecule has 0 saturated carbocycles. The number of hydrazone groups is 1. The van der Waals surface area contributed by atoms with Crippen LogP contribution in [-0.2, 0) is 14.3 Å². The molecule has 5 heteroatoms. The van der Waals surface area contributed by atoms with E-state index in [9.17, 15) is 4.79 Å². The highest BCUT2D eigenvalue weighted by atomic mass is 16.5. The van der Waals surface area contributed by atoms with E-state index in [0.29, 0.717) is 25.5 Å². The molecule has 5 nitrogen and oxygen atoms in total. The van der Waals surface area contributed by atoms with E-state index in [0.717, 1.165) is 5.69 Å². The van der Waals surface area contributed by atoms with Gasteiger partial charge < -0.3 is 9.47 Å². The smallest absolute Gasteiger partial charge is 0.317 e. The molecule has 0 amide bonds. The van der Waals surface area contributed by atoms with Crippen molar-refractivity contribution in [3.63, 3.8) is 0 Å². The van der Waals surface area contributed by atoms with E-state index in [1.54, 1.807) is 6.92 Å². The summed E-state index contributed by atoms with van der Waals surface area (Å²) in [7, 11) is 0. The van der Waals surface area contributed by atoms with Crippen LogP contribution < -0.4 is 5.43 Å². The van der Waals surface area contributed by atoms with Crippen LogP contribution in [0.3, 0.4) is 0 Å². The van der Waals surface area contributed by atoms with E-state index >= 15 is 0 Å². The largest absolute Gasteiger partial charge is 0.465 e. The maximum absolute atomic E-state index is 11.7. The van der Waals surface area contributed by atoms with Crippen molar-refractivity contribution in [1.82, 2.24) is 0 Å². The minimum Gasteiger partial charge on any atom is -0.465 e. The summed E-state index contributed by atoms with van der Waals surface area (Å²) >= 11 is 0. The fourth-order valence-corrected chi connectivity index (χ4v) is 1.68. The van der Waals surface area contributed by atoms with Crippen molar-refractivity contribution in [3.8, 4) is 0 Å². The van der Waals surface area contributed by atoms with Crippen molar-refractivity contribution in [2.24, 2.45) is 11.0 Å². The van der Waals surface area contributed by atoms with Crippen molar-refractivity contribution in [3.05, 3.63) is 30.3 Å². The lowest BCUT2D eigenvalue weighted by atomic mass is 10.1. The van der Waals surface area contributed by atoms with Crippen molar-refractivity contribution in [2.45, 2.75) is 6.92 Å². The Kier molecular flexibility index (Phi) is 4.30. The fraction of sp³-hybridized carbons (Fsp3) is 0.385. The molecular weight excluding hydrogens is 232 g/mol. The molecule has 1 heterocycles. The number of carbonyl (C=O) groups excluding carboxylic acids is 1. The molecular formula is C13H16N2O3. The summed E-state index contributed by atoms with van der Waals surface area (Å²) < 4.78 is 10.2. The first kappa shape index (κ1) is 12.6. The molecule has 0 bridgehead atoms. The van der Waals surface area contributed by atoms with Crippen molar-refractivity contribution in [1.29, 1.82) is 0 Å². The lowest BCUT2D eigenvalue weighted by Gasteiger charge is -2.08. The highest BCUT2D eigenvalue weighted by molar-refractivity contribution is 6.04. The summed E-state index contributed by atoms with van der Waals surface area (Å²) in [6.45, 7) is 2.86. The number of hydrogen-bond donors (Lipinski definition) is 1. The second kappa shape index (κ2) is 6.16. The number of para-hydroxylation sites is 1. The summed E-state index contributed by atoms with van der Waals surface area (Å²) in [6.07, 6.45) is 0. The van der Waals surface area contributed by atoms with Gasteiger partial charge in [0.05, 0.1) is 31.2 Å². The highest BCUT2D eigenvalue weighted by Crippen LogP contribution is 2.13. The molecule has 0 spiro atoms. The van der Waals surface area contributed by atoms with Crippen LogP contribution in [-0.4, -0.2) is 31.5 Å². The predicted octanol–water partition coefficient (Wildman–Crippen LogP) is 1.66. The number of benzene rings is 1. The molecule has 0 radical (unpaired) electrons. The zero-order valence-electron chi connectivity index (χ0n) is 10.3. The van der Waals surface area contributed by atoms with Gasteiger partial charge in [0.15, 0.2) is 0 Å². The second-order valence-corrected chi connectivity index (χ2v) is 3.90. The van der Waals surface area contributed by atoms with Crippen LogP contribution in [0.25, 0.3) is 0 Å². The number of esters is 1. The normalized spacial score (nSPS) is 20.9. The van der Waals surface area contributed by atoms with Crippen molar-refractivity contribution in [2.75, 3.05) is 25.2 Å². The van der Waals surface area contributed by atoms with Crippen LogP contribution in [0.2, 0.25) is 0 Å². The van der Waals surface area contributed by atoms with Gasteiger partial charge in [0.1, 0.15) is 5.92 Å². The molecule has 0 unspecified atom stereocenters. The van der Waals surface area contributed by atoms with Crippen LogP contribution >= 0.6 is 0 Å². The van der Waals surface area contributed by atoms with Crippen LogP contribution in [0.15, 0.2) is 35.4 Å². The van der Waals surface area contributed by atoms with Crippen molar-refractivity contribution >= 4 is 17.4 Å². The first-order valence-electron chi connectivity index (χ1n) is 5.93. The van der Waals surface area contributed by atoms with E-state index in [2.05, 4.69) is 10.5 Å². The molecule has 1 saturated heterocycles. The number of nitrogens with one attached hydrogen (secondary N) is 1. The van der Waals surface area contributed by atoms with Crippen LogP contribution in [0.5, 0.6) is 0 Å². The maximum atomic E-state index is 11.7. The van der Waals surface area contributed by atoms with Gasteiger partial charge in [-0.25, -0.2) is 0 Å². The predicted molar refractivity (Wildman–Crippen MR) is 68.4 cm³/mol. The summed E-state index contributed by atoms with van der Waals surface area (Å²) in [4.78, 5) is 11.7. The Morgan fingerprint density at radius 2 is 2.28 bits per heavy atom. The molecule has 96 valence electrons. The molecule has 0 aromatic heterocycles. The zero-order valence-corrected chi connectivity index (χ0v) is 10.3. The van der Waals surface area contributed by atoms with E-state index in [1.165, 1.54) is 0 Å². The third-order valence-corrected chi connectivity index (χ3v) is 2.61. The number of carbonyl (C=O) groups is 1. The fourth-order valence-electron chi connectivity index (χ4n) is 1.68. The average molecular weight is 248 g/mol. The van der Waals surface area contributed by atoms with Crippen molar-refractivity contribution < 1.29 is 14.3 Å². The van der Waals surface area contributed by atoms with Gasteiger partial charge in [-0.15, -0.1) is 0 Å². The third kappa shape index (κ3) is 3.07. The lowest BCUT2D eigenvalue weighted by Crippen LogP contribution is -2.25. The summed E-state index contributed by atoms with van der Waals surface area (Å²) in [5.74, 6) is -0.662. The van der Waals surface area contributed by atoms with E-state index in [1.807, 2.05) is 30.3 Å². The Hall–Kier alpha value is -1.88. The summed E-state index contributed by atoms with van der Waals surface area (Å²) in [5, 5.41) is 4.22. The lowest BCUT2D eigenvalue weighted by molar-refractivity contribution is -0.146. The van der Waals surface area contributed by atoms with Gasteiger partial charge in [0, 0.05) is 0 Å². The Bertz CT molecular complexity index is 431. The van der Waals surface area contributed by atoms with Crippen LogP contribution in [0.1, 0.15) is 6.92 Å². The first-order chi connectivity index (χ1) is 8.81. The molecule has 1 aliphatic rings. The third-order valence-electron chi connectivity index (χ3n) is 2.61. The summed E-state index contributed by atoms with van der Waals surface area (Å²) in [5.41, 5.74) is 4.47. The number of ether oxygens (including phenoxy) is 2. The van der Waals surface area contributed by atoms with Gasteiger partial charge in [-0.05, 0) is 19.1 Å². The van der Waals surface area contributed by atoms with Gasteiger partial charge in [0.2, 0.25) is 0 Å². The van der Waals surface area contributed by atoms with E-state index in [-0.39, 0.29) is 11.9 Å². The minimum atomic E-state index is -0.388. The Morgan fingerprint density at radius 1 is 1.50 bits per heavy atom. The number of rotatable bonds is 4. The highest BCUT2D eigenvalue weighted by Gasteiger charge is 2.31. The Balaban J connectivity index is 2.00. The first-order valence-corrected chi connectivity index (χ1v) is 5.93. The monoisotopic (exact) mass is 248 g/mol. The molecule has 1 aromatic carbocycles. The Labute approximate surface area is 106 Å². The number of nitrogens with zero attached hydrogens (tertiary/aromatic N) is 1. The van der Waals surface area contributed by atoms with Gasteiger partial charge in [-0.3, -0.25) is 10.2 Å². The minimum absolute atomic E-state index is 0.274. The number of anilines is 1. The molecule has 1 aliphatic heterocycles. The molecule has 1 N–H and O–H groups in total. The molecule has 1 aromatic rings. The summed E-state index contributed by atoms with van der Waals surface area (Å²) in [6, 6.07) is 9.56. The van der Waals surface area contributed by atoms with Gasteiger partial charge in [-0.2, -0.15) is 5.10 Å². The number of hydrogen-bond acceptors (Lipinski definition) is 5. The topological polar surface area (TPSA) is 59.9 Å². The van der Waals surface area contributed by atoms with Crippen LogP contribution in [0.4, 0.5) is 5.69 Å². The average Bonchev–Trinajstić information content (AvgIpc) is 2.86. The Morgan fingerprint density at radius 3 is 3.00 bits per heavy atom. The molecule has 0 aliphatic carbocycles. The molecule has 1 fully saturated rings. The van der Waals surface area contributed by atoms with Gasteiger partial charge in [-0.1, -0.05) is 18.2 Å². The van der Waals surface area contributed by atoms with Gasteiger partial charge >= 0.3 is 5.97 Å².